The van der Waals surface area contributed by atoms with Gasteiger partial charge in [0.25, 0.3) is 0 Å². The number of para-hydroxylation sites is 1. The zero-order valence-corrected chi connectivity index (χ0v) is 30.3. The van der Waals surface area contributed by atoms with E-state index in [1.807, 2.05) is 0 Å². The zero-order chi connectivity index (χ0) is 36.6. The van der Waals surface area contributed by atoms with Gasteiger partial charge in [0.15, 0.2) is 0 Å². The van der Waals surface area contributed by atoms with E-state index in [2.05, 4.69) is 229 Å². The molecule has 55 heavy (non-hydrogen) atoms. The molecule has 0 heterocycles. The maximum absolute atomic E-state index is 2.39. The van der Waals surface area contributed by atoms with Crippen molar-refractivity contribution in [2.24, 2.45) is 0 Å². The number of hydrogen-bond donors (Lipinski definition) is 0. The maximum atomic E-state index is 2.39. The van der Waals surface area contributed by atoms with Crippen LogP contribution in [0.25, 0.3) is 76.8 Å². The molecule has 258 valence electrons. The van der Waals surface area contributed by atoms with Crippen LogP contribution in [-0.4, -0.2) is 0 Å². The molecule has 0 fully saturated rings. The molecule has 0 unspecified atom stereocenters. The number of anilines is 3. The smallest absolute Gasteiger partial charge is 0.0468 e. The van der Waals surface area contributed by atoms with Crippen LogP contribution in [0.2, 0.25) is 0 Å². The van der Waals surface area contributed by atoms with Gasteiger partial charge in [-0.15, -0.1) is 0 Å². The molecule has 10 aromatic carbocycles. The van der Waals surface area contributed by atoms with Gasteiger partial charge in [-0.1, -0.05) is 182 Å². The van der Waals surface area contributed by atoms with Gasteiger partial charge in [-0.2, -0.15) is 0 Å². The molecule has 1 heteroatoms. The van der Waals surface area contributed by atoms with Gasteiger partial charge in [0, 0.05) is 17.1 Å². The van der Waals surface area contributed by atoms with E-state index in [1.165, 1.54) is 76.8 Å². The summed E-state index contributed by atoms with van der Waals surface area (Å²) in [5.74, 6) is 0. The van der Waals surface area contributed by atoms with Gasteiger partial charge in [-0.25, -0.2) is 0 Å². The minimum atomic E-state index is 1.11. The van der Waals surface area contributed by atoms with Gasteiger partial charge in [0.2, 0.25) is 0 Å². The Morgan fingerprint density at radius 1 is 0.236 bits per heavy atom. The molecule has 0 N–H and O–H groups in total. The summed E-state index contributed by atoms with van der Waals surface area (Å²) in [6, 6.07) is 81.4. The fourth-order valence-corrected chi connectivity index (χ4v) is 8.28. The van der Waals surface area contributed by atoms with E-state index in [9.17, 15) is 0 Å². The van der Waals surface area contributed by atoms with Crippen molar-refractivity contribution in [3.05, 3.63) is 224 Å². The molecule has 1 nitrogen and oxygen atoms in total. The van der Waals surface area contributed by atoms with Crippen LogP contribution in [0.5, 0.6) is 0 Å². The molecule has 0 aliphatic rings. The molecule has 10 aromatic rings. The lowest BCUT2D eigenvalue weighted by Crippen LogP contribution is -2.09. The molecule has 0 radical (unpaired) electrons. The Labute approximate surface area is 322 Å². The van der Waals surface area contributed by atoms with Crippen LogP contribution in [0.1, 0.15) is 0 Å². The van der Waals surface area contributed by atoms with Gasteiger partial charge >= 0.3 is 0 Å². The highest BCUT2D eigenvalue weighted by atomic mass is 15.1. The fourth-order valence-electron chi connectivity index (χ4n) is 8.28. The van der Waals surface area contributed by atoms with Crippen LogP contribution >= 0.6 is 0 Å². The van der Waals surface area contributed by atoms with E-state index >= 15 is 0 Å². The predicted octanol–water partition coefficient (Wildman–Crippen LogP) is 15.3. The monoisotopic (exact) mass is 699 g/mol. The van der Waals surface area contributed by atoms with E-state index < -0.39 is 0 Å². The van der Waals surface area contributed by atoms with Gasteiger partial charge < -0.3 is 4.90 Å². The largest absolute Gasteiger partial charge is 0.310 e. The molecule has 0 saturated carbocycles. The summed E-state index contributed by atoms with van der Waals surface area (Å²) in [6.45, 7) is 0. The van der Waals surface area contributed by atoms with Crippen molar-refractivity contribution in [2.75, 3.05) is 4.90 Å². The molecular weight excluding hydrogens is 663 g/mol. The molecule has 0 aromatic heterocycles. The molecule has 0 spiro atoms. The van der Waals surface area contributed by atoms with Crippen LogP contribution in [0.4, 0.5) is 17.1 Å². The summed E-state index contributed by atoms with van der Waals surface area (Å²) < 4.78 is 0. The first-order valence-electron chi connectivity index (χ1n) is 18.9. The summed E-state index contributed by atoms with van der Waals surface area (Å²) in [5.41, 5.74) is 13.1. The second kappa shape index (κ2) is 14.0. The van der Waals surface area contributed by atoms with Crippen molar-refractivity contribution >= 4 is 49.4 Å². The van der Waals surface area contributed by atoms with Crippen molar-refractivity contribution < 1.29 is 0 Å². The Kier molecular flexibility index (Phi) is 8.24. The van der Waals surface area contributed by atoms with Gasteiger partial charge in [-0.05, 0) is 119 Å². The van der Waals surface area contributed by atoms with Crippen LogP contribution in [0.3, 0.4) is 0 Å². The number of rotatable bonds is 7. The molecule has 0 saturated heterocycles. The quantitative estimate of drug-likeness (QED) is 0.150. The van der Waals surface area contributed by atoms with Crippen molar-refractivity contribution in [2.45, 2.75) is 0 Å². The number of hydrogen-bond acceptors (Lipinski definition) is 1. The summed E-state index contributed by atoms with van der Waals surface area (Å²) in [7, 11) is 0. The standard InChI is InChI=1S/C54H37N/c1-4-16-38(17-5-1)43-31-35-47(40-19-6-2-7-20-40)52(37-43)54-50-26-14-12-24-48(50)53(49-25-13-15-27-51(49)54)41-29-32-45(33-30-41)55(44-22-8-3-9-23-44)46-34-28-39-18-10-11-21-42(39)36-46/h1-37H. The Morgan fingerprint density at radius 3 is 1.35 bits per heavy atom. The molecule has 10 rings (SSSR count). The Morgan fingerprint density at radius 2 is 0.709 bits per heavy atom. The first-order valence-corrected chi connectivity index (χ1v) is 18.9. The molecule has 0 aliphatic carbocycles. The summed E-state index contributed by atoms with van der Waals surface area (Å²) >= 11 is 0. The normalized spacial score (nSPS) is 11.3. The van der Waals surface area contributed by atoms with Crippen molar-refractivity contribution in [1.29, 1.82) is 0 Å². The molecule has 0 amide bonds. The minimum Gasteiger partial charge on any atom is -0.310 e. The molecular formula is C54H37N. The van der Waals surface area contributed by atoms with Crippen LogP contribution in [0, 0.1) is 0 Å². The Hall–Kier alpha value is -7.22. The number of benzene rings is 10. The first kappa shape index (κ1) is 32.4. The summed E-state index contributed by atoms with van der Waals surface area (Å²) in [5, 5.41) is 7.42. The maximum Gasteiger partial charge on any atom is 0.0468 e. The zero-order valence-electron chi connectivity index (χ0n) is 30.3. The van der Waals surface area contributed by atoms with E-state index in [0.29, 0.717) is 0 Å². The highest BCUT2D eigenvalue weighted by molar-refractivity contribution is 6.22. The van der Waals surface area contributed by atoms with E-state index in [4.69, 9.17) is 0 Å². The lowest BCUT2D eigenvalue weighted by molar-refractivity contribution is 1.29. The average molecular weight is 700 g/mol. The lowest BCUT2D eigenvalue weighted by atomic mass is 9.83. The van der Waals surface area contributed by atoms with Gasteiger partial charge in [0.1, 0.15) is 0 Å². The number of fused-ring (bicyclic) bond motifs is 3. The highest BCUT2D eigenvalue weighted by Crippen LogP contribution is 2.47. The number of nitrogens with zero attached hydrogens (tertiary/aromatic N) is 1. The van der Waals surface area contributed by atoms with Crippen LogP contribution in [-0.2, 0) is 0 Å². The Balaban J connectivity index is 1.17. The SMILES string of the molecule is c1ccc(-c2ccc(-c3ccccc3)c(-c3c4ccccc4c(-c4ccc(N(c5ccccc5)c5ccc6ccccc6c5)cc4)c4ccccc34)c2)cc1. The van der Waals surface area contributed by atoms with Crippen molar-refractivity contribution in [3.8, 4) is 44.5 Å². The van der Waals surface area contributed by atoms with Crippen LogP contribution < -0.4 is 4.90 Å². The van der Waals surface area contributed by atoms with Gasteiger partial charge in [-0.3, -0.25) is 0 Å². The van der Waals surface area contributed by atoms with Gasteiger partial charge in [0.05, 0.1) is 0 Å². The van der Waals surface area contributed by atoms with E-state index in [1.54, 1.807) is 0 Å². The topological polar surface area (TPSA) is 3.24 Å². The molecule has 0 bridgehead atoms. The first-order chi connectivity index (χ1) is 27.3. The van der Waals surface area contributed by atoms with E-state index in [-0.39, 0.29) is 0 Å². The summed E-state index contributed by atoms with van der Waals surface area (Å²) in [6.07, 6.45) is 0. The van der Waals surface area contributed by atoms with E-state index in [0.717, 1.165) is 17.1 Å². The third-order valence-electron chi connectivity index (χ3n) is 10.8. The summed E-state index contributed by atoms with van der Waals surface area (Å²) in [4.78, 5) is 2.35. The predicted molar refractivity (Wildman–Crippen MR) is 235 cm³/mol. The lowest BCUT2D eigenvalue weighted by Gasteiger charge is -2.26. The minimum absolute atomic E-state index is 1.11. The molecule has 0 atom stereocenters. The highest BCUT2D eigenvalue weighted by Gasteiger charge is 2.20. The second-order valence-corrected chi connectivity index (χ2v) is 14.1. The second-order valence-electron chi connectivity index (χ2n) is 14.1. The Bertz CT molecular complexity index is 2890. The van der Waals surface area contributed by atoms with Crippen LogP contribution in [0.15, 0.2) is 224 Å². The van der Waals surface area contributed by atoms with Crippen molar-refractivity contribution in [3.63, 3.8) is 0 Å². The average Bonchev–Trinajstić information content (AvgIpc) is 3.27. The third-order valence-corrected chi connectivity index (χ3v) is 10.8. The molecule has 0 aliphatic heterocycles. The fraction of sp³-hybridized carbons (Fsp3) is 0. The van der Waals surface area contributed by atoms with Crippen molar-refractivity contribution in [1.82, 2.24) is 0 Å². The third kappa shape index (κ3) is 5.93.